The Labute approximate surface area is 185 Å². The van der Waals surface area contributed by atoms with Crippen LogP contribution in [-0.2, 0) is 9.63 Å². The molecule has 0 spiro atoms. The molecule has 0 bridgehead atoms. The maximum absolute atomic E-state index is 12.1. The molecule has 8 nitrogen and oxygen atoms in total. The average molecular weight is 440 g/mol. The molecular weight excluding hydrogens is 418 g/mol. The van der Waals surface area contributed by atoms with Crippen LogP contribution in [0.3, 0.4) is 0 Å². The summed E-state index contributed by atoms with van der Waals surface area (Å²) < 4.78 is 0. The number of aliphatic imine (C=N–C) groups is 1. The van der Waals surface area contributed by atoms with Gasteiger partial charge in [-0.2, -0.15) is 0 Å². The molecule has 31 heavy (non-hydrogen) atoms. The number of nitrogens with one attached hydrogen (secondary N) is 2. The normalized spacial score (nSPS) is 17.1. The predicted molar refractivity (Wildman–Crippen MR) is 122 cm³/mol. The number of carbonyl (C=O) groups is 1. The van der Waals surface area contributed by atoms with Crippen molar-refractivity contribution < 1.29 is 14.7 Å². The van der Waals surface area contributed by atoms with Crippen molar-refractivity contribution in [2.75, 3.05) is 26.7 Å². The number of carbonyl (C=O) groups excluding carboxylic acids is 1. The summed E-state index contributed by atoms with van der Waals surface area (Å²) in [5.41, 5.74) is 3.88. The molecule has 1 aromatic heterocycles. The second-order valence-electron chi connectivity index (χ2n) is 7.57. The lowest BCUT2D eigenvalue weighted by atomic mass is 10.0. The summed E-state index contributed by atoms with van der Waals surface area (Å²) in [5, 5.41) is 18.6. The number of benzene rings is 2. The summed E-state index contributed by atoms with van der Waals surface area (Å²) in [6, 6.07) is 15.3. The van der Waals surface area contributed by atoms with E-state index in [1.807, 2.05) is 55.6 Å². The van der Waals surface area contributed by atoms with Crippen LogP contribution in [0, 0.1) is 0 Å². The van der Waals surface area contributed by atoms with Gasteiger partial charge in [0.25, 0.3) is 5.91 Å². The van der Waals surface area contributed by atoms with Crippen molar-refractivity contribution in [3.05, 3.63) is 59.7 Å². The standard InChI is InChI=1S/C22H21N5O3.ClH/c1-27-10-13(11-27)23-18(28)12-30-26-20-15-7-3-5-9-17(15)24-21(20)19-14-6-2-4-8-16(14)25-22(19)29;/h2-9,13,25,29H,10-12H2,1H3,(H,23,28);1H/b26-20+;. The minimum atomic E-state index is -0.211. The molecule has 2 aliphatic rings. The fourth-order valence-electron chi connectivity index (χ4n) is 3.92. The van der Waals surface area contributed by atoms with E-state index in [2.05, 4.69) is 25.3 Å². The zero-order valence-electron chi connectivity index (χ0n) is 16.8. The predicted octanol–water partition coefficient (Wildman–Crippen LogP) is 2.58. The molecule has 0 radical (unpaired) electrons. The van der Waals surface area contributed by atoms with Gasteiger partial charge in [0.05, 0.1) is 17.3 Å². The van der Waals surface area contributed by atoms with Gasteiger partial charge in [-0.05, 0) is 19.2 Å². The first-order valence-corrected chi connectivity index (χ1v) is 9.76. The molecule has 5 rings (SSSR count). The van der Waals surface area contributed by atoms with E-state index in [1.165, 1.54) is 0 Å². The van der Waals surface area contributed by atoms with Crippen LogP contribution in [0.1, 0.15) is 11.1 Å². The van der Waals surface area contributed by atoms with Gasteiger partial charge in [-0.1, -0.05) is 41.6 Å². The molecule has 1 amide bonds. The number of halogens is 1. The molecule has 0 atom stereocenters. The summed E-state index contributed by atoms with van der Waals surface area (Å²) in [4.78, 5) is 27.3. The van der Waals surface area contributed by atoms with Gasteiger partial charge in [0.1, 0.15) is 11.4 Å². The zero-order valence-corrected chi connectivity index (χ0v) is 17.6. The van der Waals surface area contributed by atoms with Gasteiger partial charge < -0.3 is 25.1 Å². The molecule has 1 saturated heterocycles. The number of aromatic amines is 1. The van der Waals surface area contributed by atoms with Gasteiger partial charge in [0.2, 0.25) is 0 Å². The van der Waals surface area contributed by atoms with Crippen LogP contribution in [0.2, 0.25) is 0 Å². The van der Waals surface area contributed by atoms with Crippen molar-refractivity contribution in [1.82, 2.24) is 15.2 Å². The largest absolute Gasteiger partial charge is 0.494 e. The van der Waals surface area contributed by atoms with E-state index in [4.69, 9.17) is 4.84 Å². The van der Waals surface area contributed by atoms with Gasteiger partial charge in [-0.3, -0.25) is 4.79 Å². The topological polar surface area (TPSA) is 102 Å². The Morgan fingerprint density at radius 1 is 1.26 bits per heavy atom. The second kappa shape index (κ2) is 8.41. The highest BCUT2D eigenvalue weighted by Crippen LogP contribution is 2.35. The van der Waals surface area contributed by atoms with Crippen LogP contribution >= 0.6 is 12.4 Å². The molecule has 0 unspecified atom stereocenters. The number of nitrogens with zero attached hydrogens (tertiary/aromatic N) is 3. The number of hydrogen-bond acceptors (Lipinski definition) is 6. The van der Waals surface area contributed by atoms with Gasteiger partial charge in [-0.25, -0.2) is 4.99 Å². The monoisotopic (exact) mass is 439 g/mol. The molecule has 3 heterocycles. The molecular formula is C22H22ClN5O3. The lowest BCUT2D eigenvalue weighted by Crippen LogP contribution is -2.58. The smallest absolute Gasteiger partial charge is 0.261 e. The lowest BCUT2D eigenvalue weighted by Gasteiger charge is -2.36. The summed E-state index contributed by atoms with van der Waals surface area (Å²) in [6.07, 6.45) is 0. The van der Waals surface area contributed by atoms with Gasteiger partial charge in [0.15, 0.2) is 12.5 Å². The highest BCUT2D eigenvalue weighted by atomic mass is 35.5. The number of fused-ring (bicyclic) bond motifs is 2. The van der Waals surface area contributed by atoms with Crippen LogP contribution in [0.15, 0.2) is 58.7 Å². The quantitative estimate of drug-likeness (QED) is 0.532. The van der Waals surface area contributed by atoms with E-state index in [9.17, 15) is 9.90 Å². The Kier molecular flexibility index (Phi) is 5.67. The number of hydrogen-bond donors (Lipinski definition) is 3. The molecule has 1 fully saturated rings. The molecule has 2 aromatic carbocycles. The van der Waals surface area contributed by atoms with Crippen LogP contribution in [-0.4, -0.2) is 65.1 Å². The maximum atomic E-state index is 12.1. The number of likely N-dealkylation sites (N-methyl/N-ethyl adjacent to an activating group) is 1. The first-order chi connectivity index (χ1) is 14.6. The first kappa shape index (κ1) is 20.9. The number of H-pyrrole nitrogens is 1. The van der Waals surface area contributed by atoms with Crippen molar-refractivity contribution in [1.29, 1.82) is 0 Å². The number of amides is 1. The first-order valence-electron chi connectivity index (χ1n) is 9.76. The molecule has 0 saturated carbocycles. The Morgan fingerprint density at radius 3 is 2.81 bits per heavy atom. The van der Waals surface area contributed by atoms with Crippen LogP contribution in [0.25, 0.3) is 10.9 Å². The van der Waals surface area contributed by atoms with Crippen molar-refractivity contribution in [3.8, 4) is 5.88 Å². The Balaban J connectivity index is 0.00000231. The van der Waals surface area contributed by atoms with E-state index < -0.39 is 0 Å². The number of oxime groups is 1. The molecule has 160 valence electrons. The Morgan fingerprint density at radius 2 is 2.00 bits per heavy atom. The second-order valence-corrected chi connectivity index (χ2v) is 7.57. The summed E-state index contributed by atoms with van der Waals surface area (Å²) in [5.74, 6) is -0.195. The van der Waals surface area contributed by atoms with Gasteiger partial charge in [0, 0.05) is 29.6 Å². The average Bonchev–Trinajstić information content (AvgIpc) is 3.23. The molecule has 3 N–H and O–H groups in total. The van der Waals surface area contributed by atoms with Crippen molar-refractivity contribution >= 4 is 46.3 Å². The highest BCUT2D eigenvalue weighted by molar-refractivity contribution is 6.58. The van der Waals surface area contributed by atoms with Crippen molar-refractivity contribution in [2.45, 2.75) is 6.04 Å². The maximum Gasteiger partial charge on any atom is 0.261 e. The van der Waals surface area contributed by atoms with E-state index in [0.29, 0.717) is 17.0 Å². The molecule has 9 heteroatoms. The molecule has 3 aromatic rings. The van der Waals surface area contributed by atoms with Crippen LogP contribution in [0.5, 0.6) is 5.88 Å². The molecule has 0 aliphatic carbocycles. The van der Waals surface area contributed by atoms with Crippen LogP contribution < -0.4 is 5.32 Å². The number of para-hydroxylation sites is 2. The van der Waals surface area contributed by atoms with E-state index in [0.717, 1.165) is 35.2 Å². The van der Waals surface area contributed by atoms with Crippen LogP contribution in [0.4, 0.5) is 5.69 Å². The minimum absolute atomic E-state index is 0. The SMILES string of the molecule is CN1CC(NC(=O)CO/N=C2/C(c3c(O)[nH]c4ccccc34)=Nc3ccccc32)C1.Cl. The fraction of sp³-hybridized carbons (Fsp3) is 0.227. The van der Waals surface area contributed by atoms with E-state index >= 15 is 0 Å². The van der Waals surface area contributed by atoms with Crippen molar-refractivity contribution in [2.24, 2.45) is 10.1 Å². The summed E-state index contributed by atoms with van der Waals surface area (Å²) in [6.45, 7) is 1.49. The number of rotatable bonds is 5. The fourth-order valence-corrected chi connectivity index (χ4v) is 3.92. The third kappa shape index (κ3) is 3.87. The number of aromatic hydroxyl groups is 1. The lowest BCUT2D eigenvalue weighted by molar-refractivity contribution is -0.127. The van der Waals surface area contributed by atoms with Crippen molar-refractivity contribution in [3.63, 3.8) is 0 Å². The summed E-state index contributed by atoms with van der Waals surface area (Å²) >= 11 is 0. The summed E-state index contributed by atoms with van der Waals surface area (Å²) in [7, 11) is 2.00. The van der Waals surface area contributed by atoms with E-state index in [1.54, 1.807) is 0 Å². The minimum Gasteiger partial charge on any atom is -0.494 e. The third-order valence-electron chi connectivity index (χ3n) is 5.32. The number of aromatic nitrogens is 1. The van der Waals surface area contributed by atoms with Gasteiger partial charge in [-0.15, -0.1) is 12.4 Å². The highest BCUT2D eigenvalue weighted by Gasteiger charge is 2.29. The van der Waals surface area contributed by atoms with E-state index in [-0.39, 0.29) is 36.8 Å². The Hall–Kier alpha value is -3.36. The number of likely N-dealkylation sites (tertiary alicyclic amines) is 1. The third-order valence-corrected chi connectivity index (χ3v) is 5.32. The molecule has 2 aliphatic heterocycles. The van der Waals surface area contributed by atoms with Gasteiger partial charge >= 0.3 is 0 Å². The Bertz CT molecular complexity index is 1200. The zero-order chi connectivity index (χ0) is 20.7.